The van der Waals surface area contributed by atoms with Crippen molar-refractivity contribution in [1.82, 2.24) is 5.32 Å². The van der Waals surface area contributed by atoms with Crippen molar-refractivity contribution in [1.29, 1.82) is 0 Å². The van der Waals surface area contributed by atoms with Gasteiger partial charge >= 0.3 is 5.97 Å². The summed E-state index contributed by atoms with van der Waals surface area (Å²) in [5.41, 5.74) is 0. The van der Waals surface area contributed by atoms with Gasteiger partial charge in [-0.25, -0.2) is 0 Å². The first-order valence-electron chi connectivity index (χ1n) is 6.76. The molecule has 0 bridgehead atoms. The predicted molar refractivity (Wildman–Crippen MR) is 66.7 cm³/mol. The Hall–Kier alpha value is -0.610. The van der Waals surface area contributed by atoms with Gasteiger partial charge in [0.05, 0.1) is 19.1 Å². The number of aliphatic hydroxyl groups is 1. The Labute approximate surface area is 104 Å². The number of carbonyl (C=O) groups is 1. The van der Waals surface area contributed by atoms with E-state index in [9.17, 15) is 9.90 Å². The highest BCUT2D eigenvalue weighted by molar-refractivity contribution is 5.69. The maximum Gasteiger partial charge on any atom is 0.308 e. The number of aliphatic hydroxyl groups excluding tert-OH is 1. The van der Waals surface area contributed by atoms with Crippen LogP contribution in [0.4, 0.5) is 0 Å². The van der Waals surface area contributed by atoms with Crippen molar-refractivity contribution in [3.05, 3.63) is 0 Å². The van der Waals surface area contributed by atoms with Crippen molar-refractivity contribution < 1.29 is 14.6 Å². The Kier molecular flexibility index (Phi) is 7.21. The second-order valence-electron chi connectivity index (χ2n) is 4.83. The molecule has 0 amide bonds. The van der Waals surface area contributed by atoms with Crippen LogP contribution in [0.3, 0.4) is 0 Å². The SMILES string of the molecule is CCOC(=O)CC(O)CNCC1CCCCC1. The smallest absolute Gasteiger partial charge is 0.308 e. The van der Waals surface area contributed by atoms with Crippen molar-refractivity contribution in [2.75, 3.05) is 19.7 Å². The molecule has 4 nitrogen and oxygen atoms in total. The normalized spacial score (nSPS) is 18.9. The van der Waals surface area contributed by atoms with E-state index < -0.39 is 6.10 Å². The van der Waals surface area contributed by atoms with Crippen LogP contribution in [0.5, 0.6) is 0 Å². The number of ether oxygens (including phenoxy) is 1. The van der Waals surface area contributed by atoms with E-state index in [0.717, 1.165) is 12.5 Å². The van der Waals surface area contributed by atoms with Gasteiger partial charge in [0.2, 0.25) is 0 Å². The zero-order valence-corrected chi connectivity index (χ0v) is 10.8. The van der Waals surface area contributed by atoms with Gasteiger partial charge in [-0.2, -0.15) is 0 Å². The fourth-order valence-corrected chi connectivity index (χ4v) is 2.33. The molecule has 0 spiro atoms. The highest BCUT2D eigenvalue weighted by Gasteiger charge is 2.15. The first-order chi connectivity index (χ1) is 8.22. The van der Waals surface area contributed by atoms with Gasteiger partial charge in [0.1, 0.15) is 0 Å². The van der Waals surface area contributed by atoms with E-state index in [-0.39, 0.29) is 12.4 Å². The molecule has 4 heteroatoms. The number of esters is 1. The third kappa shape index (κ3) is 6.64. The summed E-state index contributed by atoms with van der Waals surface area (Å²) in [5, 5.41) is 12.9. The molecule has 1 fully saturated rings. The summed E-state index contributed by atoms with van der Waals surface area (Å²) in [7, 11) is 0. The summed E-state index contributed by atoms with van der Waals surface area (Å²) in [6.07, 6.45) is 6.07. The molecule has 1 saturated carbocycles. The fraction of sp³-hybridized carbons (Fsp3) is 0.923. The van der Waals surface area contributed by atoms with Gasteiger partial charge in [-0.3, -0.25) is 4.79 Å². The van der Waals surface area contributed by atoms with Gasteiger partial charge in [0, 0.05) is 6.54 Å². The zero-order chi connectivity index (χ0) is 12.5. The summed E-state index contributed by atoms with van der Waals surface area (Å²) in [4.78, 5) is 11.1. The second-order valence-corrected chi connectivity index (χ2v) is 4.83. The Balaban J connectivity index is 2.02. The highest BCUT2D eigenvalue weighted by atomic mass is 16.5. The number of rotatable bonds is 7. The van der Waals surface area contributed by atoms with E-state index in [0.29, 0.717) is 13.2 Å². The first kappa shape index (κ1) is 14.5. The standard InChI is InChI=1S/C13H25NO3/c1-2-17-13(16)8-12(15)10-14-9-11-6-4-3-5-7-11/h11-12,14-15H,2-10H2,1H3. The maximum absolute atomic E-state index is 11.1. The summed E-state index contributed by atoms with van der Waals surface area (Å²) in [5.74, 6) is 0.429. The molecule has 2 N–H and O–H groups in total. The van der Waals surface area contributed by atoms with E-state index in [1.165, 1.54) is 32.1 Å². The van der Waals surface area contributed by atoms with E-state index in [1.54, 1.807) is 6.92 Å². The average molecular weight is 243 g/mol. The van der Waals surface area contributed by atoms with Crippen LogP contribution < -0.4 is 5.32 Å². The lowest BCUT2D eigenvalue weighted by molar-refractivity contribution is -0.145. The van der Waals surface area contributed by atoms with Crippen LogP contribution in [0.15, 0.2) is 0 Å². The Bertz CT molecular complexity index is 215. The molecule has 17 heavy (non-hydrogen) atoms. The summed E-state index contributed by atoms with van der Waals surface area (Å²) in [6.45, 7) is 3.59. The molecule has 0 heterocycles. The second kappa shape index (κ2) is 8.48. The zero-order valence-electron chi connectivity index (χ0n) is 10.8. The summed E-state index contributed by atoms with van der Waals surface area (Å²) in [6, 6.07) is 0. The van der Waals surface area contributed by atoms with Crippen molar-refractivity contribution >= 4 is 5.97 Å². The Morgan fingerprint density at radius 2 is 2.12 bits per heavy atom. The molecule has 1 aliphatic rings. The minimum Gasteiger partial charge on any atom is -0.466 e. The molecule has 1 rings (SSSR count). The Morgan fingerprint density at radius 1 is 1.41 bits per heavy atom. The lowest BCUT2D eigenvalue weighted by Gasteiger charge is -2.22. The number of hydrogen-bond acceptors (Lipinski definition) is 4. The van der Waals surface area contributed by atoms with Crippen molar-refractivity contribution in [2.24, 2.45) is 5.92 Å². The summed E-state index contributed by atoms with van der Waals surface area (Å²) >= 11 is 0. The topological polar surface area (TPSA) is 58.6 Å². The molecule has 1 atom stereocenters. The van der Waals surface area contributed by atoms with E-state index >= 15 is 0 Å². The third-order valence-electron chi connectivity index (χ3n) is 3.25. The van der Waals surface area contributed by atoms with Crippen LogP contribution in [0, 0.1) is 5.92 Å². The van der Waals surface area contributed by atoms with Gasteiger partial charge < -0.3 is 15.2 Å². The molecule has 0 aromatic carbocycles. The molecule has 0 aromatic rings. The monoisotopic (exact) mass is 243 g/mol. The van der Waals surface area contributed by atoms with Crippen LogP contribution in [0.2, 0.25) is 0 Å². The molecule has 0 aromatic heterocycles. The van der Waals surface area contributed by atoms with Crippen LogP contribution in [0.25, 0.3) is 0 Å². The third-order valence-corrected chi connectivity index (χ3v) is 3.25. The molecule has 100 valence electrons. The molecule has 1 aliphatic carbocycles. The van der Waals surface area contributed by atoms with Crippen molar-refractivity contribution in [2.45, 2.75) is 51.6 Å². The van der Waals surface area contributed by atoms with E-state index in [1.807, 2.05) is 0 Å². The first-order valence-corrected chi connectivity index (χ1v) is 6.76. The van der Waals surface area contributed by atoms with Gasteiger partial charge in [-0.05, 0) is 32.2 Å². The predicted octanol–water partition coefficient (Wildman–Crippen LogP) is 1.47. The maximum atomic E-state index is 11.1. The van der Waals surface area contributed by atoms with Gasteiger partial charge in [0.15, 0.2) is 0 Å². The quantitative estimate of drug-likeness (QED) is 0.665. The van der Waals surface area contributed by atoms with Crippen molar-refractivity contribution in [3.63, 3.8) is 0 Å². The minimum absolute atomic E-state index is 0.0888. The van der Waals surface area contributed by atoms with Gasteiger partial charge in [-0.1, -0.05) is 19.3 Å². The van der Waals surface area contributed by atoms with Crippen LogP contribution in [0.1, 0.15) is 45.4 Å². The average Bonchev–Trinajstić information content (AvgIpc) is 2.30. The molecule has 0 aliphatic heterocycles. The molecular formula is C13H25NO3. The molecule has 1 unspecified atom stereocenters. The number of carbonyl (C=O) groups excluding carboxylic acids is 1. The largest absolute Gasteiger partial charge is 0.466 e. The van der Waals surface area contributed by atoms with Crippen LogP contribution in [-0.4, -0.2) is 36.9 Å². The molecular weight excluding hydrogens is 218 g/mol. The van der Waals surface area contributed by atoms with Crippen LogP contribution in [-0.2, 0) is 9.53 Å². The lowest BCUT2D eigenvalue weighted by atomic mass is 9.89. The summed E-state index contributed by atoms with van der Waals surface area (Å²) < 4.78 is 4.78. The van der Waals surface area contributed by atoms with Crippen molar-refractivity contribution in [3.8, 4) is 0 Å². The number of hydrogen-bond donors (Lipinski definition) is 2. The van der Waals surface area contributed by atoms with E-state index in [2.05, 4.69) is 5.32 Å². The lowest BCUT2D eigenvalue weighted by Crippen LogP contribution is -2.33. The number of nitrogens with one attached hydrogen (secondary N) is 1. The molecule has 0 radical (unpaired) electrons. The van der Waals surface area contributed by atoms with Gasteiger partial charge in [-0.15, -0.1) is 0 Å². The van der Waals surface area contributed by atoms with E-state index in [4.69, 9.17) is 4.74 Å². The minimum atomic E-state index is -0.627. The van der Waals surface area contributed by atoms with Gasteiger partial charge in [0.25, 0.3) is 0 Å². The fourth-order valence-electron chi connectivity index (χ4n) is 2.33. The van der Waals surface area contributed by atoms with Crippen LogP contribution >= 0.6 is 0 Å². The molecule has 0 saturated heterocycles. The Morgan fingerprint density at radius 3 is 2.76 bits per heavy atom. The highest BCUT2D eigenvalue weighted by Crippen LogP contribution is 2.22.